The predicted molar refractivity (Wildman–Crippen MR) is 74.1 cm³/mol. The van der Waals surface area contributed by atoms with Crippen LogP contribution >= 0.6 is 0 Å². The Balaban J connectivity index is 1.53. The SMILES string of the molecule is Cc1ccccc1OCc1cc(CNC2CC2)co1. The molecule has 0 amide bonds. The highest BCUT2D eigenvalue weighted by atomic mass is 16.5. The third-order valence-corrected chi connectivity index (χ3v) is 3.34. The minimum atomic E-state index is 0.480. The van der Waals surface area contributed by atoms with Crippen LogP contribution in [-0.2, 0) is 13.2 Å². The lowest BCUT2D eigenvalue weighted by Gasteiger charge is -2.06. The van der Waals surface area contributed by atoms with Crippen molar-refractivity contribution in [1.82, 2.24) is 5.32 Å². The Hall–Kier alpha value is -1.74. The summed E-state index contributed by atoms with van der Waals surface area (Å²) in [5.74, 6) is 1.78. The maximum Gasteiger partial charge on any atom is 0.146 e. The molecule has 19 heavy (non-hydrogen) atoms. The molecular weight excluding hydrogens is 238 g/mol. The second-order valence-electron chi connectivity index (χ2n) is 5.13. The van der Waals surface area contributed by atoms with E-state index in [1.807, 2.05) is 37.5 Å². The molecule has 0 atom stereocenters. The van der Waals surface area contributed by atoms with Crippen molar-refractivity contribution in [3.8, 4) is 5.75 Å². The number of aryl methyl sites for hydroxylation is 1. The highest BCUT2D eigenvalue weighted by Gasteiger charge is 2.20. The largest absolute Gasteiger partial charge is 0.485 e. The van der Waals surface area contributed by atoms with Crippen LogP contribution in [0.5, 0.6) is 5.75 Å². The highest BCUT2D eigenvalue weighted by molar-refractivity contribution is 5.31. The molecule has 3 nitrogen and oxygen atoms in total. The summed E-state index contributed by atoms with van der Waals surface area (Å²) in [5, 5.41) is 3.47. The topological polar surface area (TPSA) is 34.4 Å². The van der Waals surface area contributed by atoms with Crippen LogP contribution in [0.2, 0.25) is 0 Å². The van der Waals surface area contributed by atoms with Crippen molar-refractivity contribution >= 4 is 0 Å². The van der Waals surface area contributed by atoms with Gasteiger partial charge in [0.2, 0.25) is 0 Å². The van der Waals surface area contributed by atoms with Crippen LogP contribution in [0.25, 0.3) is 0 Å². The van der Waals surface area contributed by atoms with Crippen molar-refractivity contribution in [2.45, 2.75) is 39.0 Å². The average molecular weight is 257 g/mol. The molecule has 3 heteroatoms. The van der Waals surface area contributed by atoms with Gasteiger partial charge in [-0.25, -0.2) is 0 Å². The molecule has 3 rings (SSSR count). The summed E-state index contributed by atoms with van der Waals surface area (Å²) in [4.78, 5) is 0. The quantitative estimate of drug-likeness (QED) is 0.861. The normalized spacial score (nSPS) is 14.6. The molecule has 1 aliphatic carbocycles. The van der Waals surface area contributed by atoms with Crippen molar-refractivity contribution in [2.24, 2.45) is 0 Å². The van der Waals surface area contributed by atoms with E-state index in [-0.39, 0.29) is 0 Å². The van der Waals surface area contributed by atoms with Gasteiger partial charge in [-0.05, 0) is 37.5 Å². The number of furan rings is 1. The molecule has 1 heterocycles. The fourth-order valence-corrected chi connectivity index (χ4v) is 2.01. The third-order valence-electron chi connectivity index (χ3n) is 3.34. The molecule has 1 aromatic carbocycles. The first-order chi connectivity index (χ1) is 9.31. The van der Waals surface area contributed by atoms with Crippen LogP contribution in [0, 0.1) is 6.92 Å². The van der Waals surface area contributed by atoms with Crippen molar-refractivity contribution in [3.05, 3.63) is 53.5 Å². The van der Waals surface area contributed by atoms with E-state index in [0.29, 0.717) is 6.61 Å². The van der Waals surface area contributed by atoms with Crippen LogP contribution in [0.15, 0.2) is 41.0 Å². The van der Waals surface area contributed by atoms with Gasteiger partial charge in [-0.3, -0.25) is 0 Å². The van der Waals surface area contributed by atoms with E-state index in [9.17, 15) is 0 Å². The fourth-order valence-electron chi connectivity index (χ4n) is 2.01. The molecule has 1 aromatic heterocycles. The Morgan fingerprint density at radius 2 is 2.16 bits per heavy atom. The highest BCUT2D eigenvalue weighted by Crippen LogP contribution is 2.21. The molecular formula is C16H19NO2. The van der Waals surface area contributed by atoms with Gasteiger partial charge >= 0.3 is 0 Å². The zero-order valence-corrected chi connectivity index (χ0v) is 11.2. The Kier molecular flexibility index (Phi) is 3.56. The first-order valence-corrected chi connectivity index (χ1v) is 6.79. The number of ether oxygens (including phenoxy) is 1. The van der Waals surface area contributed by atoms with Crippen molar-refractivity contribution in [2.75, 3.05) is 0 Å². The molecule has 0 saturated heterocycles. The summed E-state index contributed by atoms with van der Waals surface area (Å²) in [6.07, 6.45) is 4.42. The van der Waals surface area contributed by atoms with E-state index < -0.39 is 0 Å². The van der Waals surface area contributed by atoms with E-state index in [2.05, 4.69) is 11.4 Å². The molecule has 0 spiro atoms. The Labute approximate surface area is 113 Å². The molecule has 0 unspecified atom stereocenters. The lowest BCUT2D eigenvalue weighted by atomic mass is 10.2. The molecule has 1 aliphatic rings. The third kappa shape index (κ3) is 3.38. The number of nitrogens with one attached hydrogen (secondary N) is 1. The van der Waals surface area contributed by atoms with Gasteiger partial charge in [0.1, 0.15) is 18.1 Å². The van der Waals surface area contributed by atoms with Crippen molar-refractivity contribution in [1.29, 1.82) is 0 Å². The summed E-state index contributed by atoms with van der Waals surface area (Å²) in [6.45, 7) is 3.41. The Morgan fingerprint density at radius 3 is 2.95 bits per heavy atom. The van der Waals surface area contributed by atoms with E-state index in [1.54, 1.807) is 0 Å². The number of hydrogen-bond acceptors (Lipinski definition) is 3. The number of rotatable bonds is 6. The van der Waals surface area contributed by atoms with Crippen LogP contribution in [0.3, 0.4) is 0 Å². The van der Waals surface area contributed by atoms with Gasteiger partial charge in [0.25, 0.3) is 0 Å². The second kappa shape index (κ2) is 5.49. The van der Waals surface area contributed by atoms with Gasteiger partial charge in [-0.15, -0.1) is 0 Å². The van der Waals surface area contributed by atoms with Gasteiger partial charge in [0.15, 0.2) is 0 Å². The van der Waals surface area contributed by atoms with Crippen molar-refractivity contribution < 1.29 is 9.15 Å². The minimum absolute atomic E-state index is 0.480. The van der Waals surface area contributed by atoms with Crippen LogP contribution in [-0.4, -0.2) is 6.04 Å². The van der Waals surface area contributed by atoms with Crippen molar-refractivity contribution in [3.63, 3.8) is 0 Å². The Bertz CT molecular complexity index is 543. The predicted octanol–water partition coefficient (Wildman–Crippen LogP) is 3.42. The zero-order valence-electron chi connectivity index (χ0n) is 11.2. The minimum Gasteiger partial charge on any atom is -0.485 e. The van der Waals surface area contributed by atoms with E-state index >= 15 is 0 Å². The maximum absolute atomic E-state index is 5.76. The number of benzene rings is 1. The molecule has 0 aliphatic heterocycles. The van der Waals surface area contributed by atoms with E-state index in [4.69, 9.17) is 9.15 Å². The maximum atomic E-state index is 5.76. The number of para-hydroxylation sites is 1. The van der Waals surface area contributed by atoms with Crippen LogP contribution < -0.4 is 10.1 Å². The van der Waals surface area contributed by atoms with Crippen LogP contribution in [0.4, 0.5) is 0 Å². The van der Waals surface area contributed by atoms with E-state index in [1.165, 1.54) is 18.4 Å². The summed E-state index contributed by atoms with van der Waals surface area (Å²) in [6, 6.07) is 10.8. The molecule has 1 saturated carbocycles. The summed E-state index contributed by atoms with van der Waals surface area (Å²) in [5.41, 5.74) is 2.33. The molecule has 2 aromatic rings. The summed E-state index contributed by atoms with van der Waals surface area (Å²) >= 11 is 0. The average Bonchev–Trinajstić information content (AvgIpc) is 3.14. The lowest BCUT2D eigenvalue weighted by molar-refractivity contribution is 0.268. The van der Waals surface area contributed by atoms with E-state index in [0.717, 1.165) is 29.7 Å². The molecule has 100 valence electrons. The summed E-state index contributed by atoms with van der Waals surface area (Å²) < 4.78 is 11.3. The standard InChI is InChI=1S/C16H19NO2/c1-12-4-2-3-5-16(12)19-11-15-8-13(10-18-15)9-17-14-6-7-14/h2-5,8,10,14,17H,6-7,9,11H2,1H3. The monoisotopic (exact) mass is 257 g/mol. The van der Waals surface area contributed by atoms with Gasteiger partial charge in [-0.1, -0.05) is 18.2 Å². The van der Waals surface area contributed by atoms with Gasteiger partial charge in [-0.2, -0.15) is 0 Å². The van der Waals surface area contributed by atoms with Crippen LogP contribution in [0.1, 0.15) is 29.7 Å². The smallest absolute Gasteiger partial charge is 0.146 e. The molecule has 1 fully saturated rings. The zero-order chi connectivity index (χ0) is 13.1. The Morgan fingerprint density at radius 1 is 1.32 bits per heavy atom. The molecule has 1 N–H and O–H groups in total. The van der Waals surface area contributed by atoms with Gasteiger partial charge < -0.3 is 14.5 Å². The first kappa shape index (κ1) is 12.3. The summed E-state index contributed by atoms with van der Waals surface area (Å²) in [7, 11) is 0. The van der Waals surface area contributed by atoms with Gasteiger partial charge in [0, 0.05) is 18.2 Å². The second-order valence-corrected chi connectivity index (χ2v) is 5.13. The number of hydrogen-bond donors (Lipinski definition) is 1. The first-order valence-electron chi connectivity index (χ1n) is 6.79. The molecule has 0 bridgehead atoms. The fraction of sp³-hybridized carbons (Fsp3) is 0.375. The van der Waals surface area contributed by atoms with Gasteiger partial charge in [0.05, 0.1) is 6.26 Å². The lowest BCUT2D eigenvalue weighted by Crippen LogP contribution is -2.14. The molecule has 0 radical (unpaired) electrons.